The topological polar surface area (TPSA) is 69.7 Å². The van der Waals surface area contributed by atoms with Gasteiger partial charge in [-0.1, -0.05) is 28.1 Å². The highest BCUT2D eigenvalue weighted by Crippen LogP contribution is 2.36. The molecule has 0 unspecified atom stereocenters. The number of rotatable bonds is 6. The van der Waals surface area contributed by atoms with E-state index in [0.717, 1.165) is 17.7 Å². The summed E-state index contributed by atoms with van der Waals surface area (Å²) in [6, 6.07) is 5.34. The van der Waals surface area contributed by atoms with Crippen LogP contribution < -0.4 is 5.32 Å². The molecule has 1 saturated carbocycles. The number of nitrogens with one attached hydrogen (secondary N) is 1. The Morgan fingerprint density at radius 2 is 2.03 bits per heavy atom. The first kappa shape index (κ1) is 21.6. The summed E-state index contributed by atoms with van der Waals surface area (Å²) >= 11 is 3.30. The van der Waals surface area contributed by atoms with Gasteiger partial charge in [-0.2, -0.15) is 13.2 Å². The number of hydrogen-bond donors (Lipinski definition) is 1. The highest BCUT2D eigenvalue weighted by Gasteiger charge is 2.50. The van der Waals surface area contributed by atoms with Crippen LogP contribution in [-0.4, -0.2) is 53.0 Å². The van der Waals surface area contributed by atoms with Gasteiger partial charge in [0.15, 0.2) is 0 Å². The maximum atomic E-state index is 13.0. The maximum absolute atomic E-state index is 13.0. The van der Waals surface area contributed by atoms with Gasteiger partial charge in [0, 0.05) is 10.5 Å². The van der Waals surface area contributed by atoms with Crippen molar-refractivity contribution in [3.8, 4) is 0 Å². The third kappa shape index (κ3) is 4.57. The number of urea groups is 1. The second kappa shape index (κ2) is 7.62. The van der Waals surface area contributed by atoms with Crippen LogP contribution in [0.15, 0.2) is 28.7 Å². The summed E-state index contributed by atoms with van der Waals surface area (Å²) in [7, 11) is 0. The SMILES string of the molecule is C[C@H](C1CC1)N(CC(F)(F)F)C(=O)CN1C(=O)N[C@](C)(c2cccc(Br)c2)C1=O. The molecule has 0 radical (unpaired) electrons. The number of carbonyl (C=O) groups is 3. The lowest BCUT2D eigenvalue weighted by Crippen LogP contribution is -2.50. The van der Waals surface area contributed by atoms with Crippen molar-refractivity contribution in [1.29, 1.82) is 0 Å². The van der Waals surface area contributed by atoms with Crippen LogP contribution in [0.1, 0.15) is 32.3 Å². The van der Waals surface area contributed by atoms with Crippen LogP contribution in [0.4, 0.5) is 18.0 Å². The normalized spacial score (nSPS) is 23.2. The van der Waals surface area contributed by atoms with E-state index in [0.29, 0.717) is 14.9 Å². The lowest BCUT2D eigenvalue weighted by molar-refractivity contribution is -0.166. The van der Waals surface area contributed by atoms with Gasteiger partial charge in [0.1, 0.15) is 18.6 Å². The molecule has 0 bridgehead atoms. The molecule has 1 saturated heterocycles. The van der Waals surface area contributed by atoms with Crippen molar-refractivity contribution in [3.05, 3.63) is 34.3 Å². The number of hydrogen-bond acceptors (Lipinski definition) is 3. The zero-order valence-electron chi connectivity index (χ0n) is 15.9. The summed E-state index contributed by atoms with van der Waals surface area (Å²) < 4.78 is 39.7. The van der Waals surface area contributed by atoms with Gasteiger partial charge in [-0.15, -0.1) is 0 Å². The molecule has 0 aromatic heterocycles. The van der Waals surface area contributed by atoms with Gasteiger partial charge in [0.25, 0.3) is 5.91 Å². The Kier molecular flexibility index (Phi) is 5.68. The number of alkyl halides is 3. The Morgan fingerprint density at radius 3 is 2.59 bits per heavy atom. The summed E-state index contributed by atoms with van der Waals surface area (Å²) in [6.07, 6.45) is -3.05. The molecular formula is C19H21BrF3N3O3. The molecule has 4 amide bonds. The third-order valence-electron chi connectivity index (χ3n) is 5.44. The van der Waals surface area contributed by atoms with Gasteiger partial charge in [-0.3, -0.25) is 14.5 Å². The Bertz CT molecular complexity index is 843. The molecule has 2 aliphatic rings. The number of benzene rings is 1. The molecule has 2 fully saturated rings. The minimum atomic E-state index is -4.57. The van der Waals surface area contributed by atoms with Crippen molar-refractivity contribution in [3.63, 3.8) is 0 Å². The second-order valence-electron chi connectivity index (χ2n) is 7.67. The molecule has 0 spiro atoms. The molecule has 1 aliphatic heterocycles. The predicted molar refractivity (Wildman–Crippen MR) is 102 cm³/mol. The lowest BCUT2D eigenvalue weighted by Gasteiger charge is -2.31. The van der Waals surface area contributed by atoms with E-state index in [2.05, 4.69) is 21.2 Å². The Morgan fingerprint density at radius 1 is 1.38 bits per heavy atom. The van der Waals surface area contributed by atoms with Crippen LogP contribution in [0.3, 0.4) is 0 Å². The fraction of sp³-hybridized carbons (Fsp3) is 0.526. The zero-order chi connectivity index (χ0) is 21.6. The fourth-order valence-electron chi connectivity index (χ4n) is 3.55. The van der Waals surface area contributed by atoms with E-state index in [9.17, 15) is 27.6 Å². The summed E-state index contributed by atoms with van der Waals surface area (Å²) in [5.41, 5.74) is -0.906. The van der Waals surface area contributed by atoms with E-state index in [4.69, 9.17) is 0 Å². The van der Waals surface area contributed by atoms with Gasteiger partial charge < -0.3 is 10.2 Å². The maximum Gasteiger partial charge on any atom is 0.406 e. The molecule has 10 heteroatoms. The smallest absolute Gasteiger partial charge is 0.329 e. The molecule has 158 valence electrons. The molecule has 2 atom stereocenters. The van der Waals surface area contributed by atoms with Crippen LogP contribution in [0.25, 0.3) is 0 Å². The number of carbonyl (C=O) groups excluding carboxylic acids is 3. The van der Waals surface area contributed by atoms with Gasteiger partial charge in [0.05, 0.1) is 0 Å². The summed E-state index contributed by atoms with van der Waals surface area (Å²) in [4.78, 5) is 39.5. The van der Waals surface area contributed by atoms with Crippen LogP contribution >= 0.6 is 15.9 Å². The summed E-state index contributed by atoms with van der Waals surface area (Å²) in [5, 5.41) is 2.55. The monoisotopic (exact) mass is 475 g/mol. The van der Waals surface area contributed by atoms with Crippen molar-refractivity contribution < 1.29 is 27.6 Å². The fourth-order valence-corrected chi connectivity index (χ4v) is 3.95. The van der Waals surface area contributed by atoms with Crippen LogP contribution in [-0.2, 0) is 15.1 Å². The van der Waals surface area contributed by atoms with E-state index in [1.807, 2.05) is 0 Å². The molecule has 1 N–H and O–H groups in total. The first-order valence-corrected chi connectivity index (χ1v) is 9.98. The van der Waals surface area contributed by atoms with E-state index in [1.165, 1.54) is 6.92 Å². The van der Waals surface area contributed by atoms with Crippen molar-refractivity contribution in [2.75, 3.05) is 13.1 Å². The molecular weight excluding hydrogens is 455 g/mol. The first-order chi connectivity index (χ1) is 13.4. The predicted octanol–water partition coefficient (Wildman–Crippen LogP) is 3.41. The average molecular weight is 476 g/mol. The first-order valence-electron chi connectivity index (χ1n) is 9.19. The van der Waals surface area contributed by atoms with Gasteiger partial charge in [-0.05, 0) is 50.3 Å². The molecule has 1 aromatic carbocycles. The van der Waals surface area contributed by atoms with E-state index in [1.54, 1.807) is 31.2 Å². The number of imide groups is 1. The van der Waals surface area contributed by atoms with Crippen LogP contribution in [0.5, 0.6) is 0 Å². The number of halogens is 4. The van der Waals surface area contributed by atoms with Crippen LogP contribution in [0, 0.1) is 5.92 Å². The molecule has 29 heavy (non-hydrogen) atoms. The number of nitrogens with zero attached hydrogens (tertiary/aromatic N) is 2. The van der Waals surface area contributed by atoms with Gasteiger partial charge in [0.2, 0.25) is 5.91 Å². The standard InChI is InChI=1S/C19H21BrF3N3O3/c1-11(12-6-7-12)26(10-19(21,22)23)15(27)9-25-16(28)18(2,24-17(25)29)13-4-3-5-14(20)8-13/h3-5,8,11-12H,6-7,9-10H2,1-2H3,(H,24,29)/t11-,18-/m1/s1. The highest BCUT2D eigenvalue weighted by molar-refractivity contribution is 9.10. The Labute approximate surface area is 174 Å². The molecule has 1 heterocycles. The van der Waals surface area contributed by atoms with Crippen molar-refractivity contribution in [2.24, 2.45) is 5.92 Å². The second-order valence-corrected chi connectivity index (χ2v) is 8.59. The van der Waals surface area contributed by atoms with Crippen molar-refractivity contribution in [1.82, 2.24) is 15.1 Å². The highest BCUT2D eigenvalue weighted by atomic mass is 79.9. The molecule has 1 aliphatic carbocycles. The quantitative estimate of drug-likeness (QED) is 0.641. The largest absolute Gasteiger partial charge is 0.406 e. The third-order valence-corrected chi connectivity index (χ3v) is 5.93. The van der Waals surface area contributed by atoms with E-state index < -0.39 is 48.7 Å². The Balaban J connectivity index is 1.80. The van der Waals surface area contributed by atoms with Gasteiger partial charge >= 0.3 is 12.2 Å². The summed E-state index contributed by atoms with van der Waals surface area (Å²) in [6.45, 7) is 0.927. The van der Waals surface area contributed by atoms with Crippen molar-refractivity contribution in [2.45, 2.75) is 44.4 Å². The van der Waals surface area contributed by atoms with E-state index >= 15 is 0 Å². The minimum absolute atomic E-state index is 0.0105. The van der Waals surface area contributed by atoms with Crippen LogP contribution in [0.2, 0.25) is 0 Å². The number of amides is 4. The molecule has 3 rings (SSSR count). The molecule has 1 aromatic rings. The molecule has 6 nitrogen and oxygen atoms in total. The van der Waals surface area contributed by atoms with E-state index in [-0.39, 0.29) is 5.92 Å². The summed E-state index contributed by atoms with van der Waals surface area (Å²) in [5.74, 6) is -1.57. The lowest BCUT2D eigenvalue weighted by atomic mass is 9.92. The zero-order valence-corrected chi connectivity index (χ0v) is 17.5. The average Bonchev–Trinajstić information content (AvgIpc) is 3.44. The minimum Gasteiger partial charge on any atom is -0.329 e. The van der Waals surface area contributed by atoms with Crippen molar-refractivity contribution >= 4 is 33.8 Å². The Hall–Kier alpha value is -2.10. The van der Waals surface area contributed by atoms with Gasteiger partial charge in [-0.25, -0.2) is 4.79 Å².